The molecule has 0 atom stereocenters. The van der Waals surface area contributed by atoms with Crippen molar-refractivity contribution in [3.8, 4) is 0 Å². The monoisotopic (exact) mass is 293 g/mol. The fraction of sp³-hybridized carbons (Fsp3) is 0.333. The number of nitrogens with one attached hydrogen (secondary N) is 1. The summed E-state index contributed by atoms with van der Waals surface area (Å²) >= 11 is 0. The summed E-state index contributed by atoms with van der Waals surface area (Å²) in [6, 6.07) is 5.16. The van der Waals surface area contributed by atoms with Gasteiger partial charge >= 0.3 is 6.18 Å². The fourth-order valence-electron chi connectivity index (χ4n) is 2.51. The molecule has 1 aliphatic carbocycles. The van der Waals surface area contributed by atoms with Crippen LogP contribution in [-0.4, -0.2) is 9.97 Å². The van der Waals surface area contributed by atoms with Crippen molar-refractivity contribution in [2.45, 2.75) is 32.0 Å². The van der Waals surface area contributed by atoms with Crippen LogP contribution >= 0.6 is 0 Å². The van der Waals surface area contributed by atoms with Crippen molar-refractivity contribution in [2.75, 3.05) is 5.32 Å². The van der Waals surface area contributed by atoms with Crippen molar-refractivity contribution in [1.82, 2.24) is 9.97 Å². The Kier molecular flexibility index (Phi) is 3.53. The summed E-state index contributed by atoms with van der Waals surface area (Å²) in [5.41, 5.74) is 2.35. The summed E-state index contributed by atoms with van der Waals surface area (Å²) < 4.78 is 37.5. The van der Waals surface area contributed by atoms with E-state index in [2.05, 4.69) is 15.3 Å². The lowest BCUT2D eigenvalue weighted by molar-refractivity contribution is -0.137. The summed E-state index contributed by atoms with van der Waals surface area (Å²) in [5.74, 6) is 0.789. The minimum atomic E-state index is -4.29. The van der Waals surface area contributed by atoms with Crippen LogP contribution in [0.15, 0.2) is 30.6 Å². The Morgan fingerprint density at radius 2 is 1.81 bits per heavy atom. The lowest BCUT2D eigenvalue weighted by Gasteiger charge is -2.11. The van der Waals surface area contributed by atoms with E-state index < -0.39 is 11.7 Å². The first kappa shape index (κ1) is 13.9. The van der Waals surface area contributed by atoms with Crippen LogP contribution in [-0.2, 0) is 25.6 Å². The highest BCUT2D eigenvalue weighted by Gasteiger charge is 2.29. The molecule has 0 saturated carbocycles. The fourth-order valence-corrected chi connectivity index (χ4v) is 2.51. The summed E-state index contributed by atoms with van der Waals surface area (Å²) in [4.78, 5) is 8.46. The van der Waals surface area contributed by atoms with Gasteiger partial charge in [-0.3, -0.25) is 0 Å². The molecule has 1 N–H and O–H groups in total. The predicted molar refractivity (Wildman–Crippen MR) is 72.8 cm³/mol. The van der Waals surface area contributed by atoms with Gasteiger partial charge in [0, 0.05) is 17.8 Å². The number of hydrogen-bond acceptors (Lipinski definition) is 3. The third-order valence-corrected chi connectivity index (χ3v) is 3.62. The third-order valence-electron chi connectivity index (χ3n) is 3.62. The second-order valence-corrected chi connectivity index (χ2v) is 5.05. The maximum Gasteiger partial charge on any atom is 0.416 e. The van der Waals surface area contributed by atoms with Gasteiger partial charge in [0.25, 0.3) is 0 Å². The molecule has 0 saturated heterocycles. The molecule has 110 valence electrons. The van der Waals surface area contributed by atoms with E-state index in [-0.39, 0.29) is 0 Å². The highest BCUT2D eigenvalue weighted by atomic mass is 19.4. The molecule has 0 spiro atoms. The Morgan fingerprint density at radius 3 is 2.52 bits per heavy atom. The summed E-state index contributed by atoms with van der Waals surface area (Å²) in [6.07, 6.45) is 0.222. The normalized spacial score (nSPS) is 14.0. The molecular formula is C15H14F3N3. The van der Waals surface area contributed by atoms with Gasteiger partial charge in [-0.25, -0.2) is 9.97 Å². The largest absolute Gasteiger partial charge is 0.416 e. The summed E-state index contributed by atoms with van der Waals surface area (Å²) in [6.45, 7) is 0.446. The van der Waals surface area contributed by atoms with Gasteiger partial charge in [-0.1, -0.05) is 12.1 Å². The molecule has 0 bridgehead atoms. The molecule has 0 fully saturated rings. The van der Waals surface area contributed by atoms with Gasteiger partial charge in [0.1, 0.15) is 12.1 Å². The lowest BCUT2D eigenvalue weighted by atomic mass is 10.1. The van der Waals surface area contributed by atoms with Gasteiger partial charge in [0.15, 0.2) is 0 Å². The van der Waals surface area contributed by atoms with Crippen molar-refractivity contribution >= 4 is 5.82 Å². The zero-order chi connectivity index (χ0) is 14.9. The summed E-state index contributed by atoms with van der Waals surface area (Å²) in [5, 5.41) is 3.19. The molecule has 1 aromatic carbocycles. The first-order valence-electron chi connectivity index (χ1n) is 6.77. The average Bonchev–Trinajstić information content (AvgIpc) is 2.93. The molecular weight excluding hydrogens is 279 g/mol. The van der Waals surface area contributed by atoms with Crippen LogP contribution in [0.4, 0.5) is 19.0 Å². The van der Waals surface area contributed by atoms with E-state index in [1.165, 1.54) is 18.5 Å². The molecule has 1 aromatic heterocycles. The first-order valence-corrected chi connectivity index (χ1v) is 6.77. The van der Waals surface area contributed by atoms with Gasteiger partial charge < -0.3 is 5.32 Å². The van der Waals surface area contributed by atoms with E-state index in [0.29, 0.717) is 6.54 Å². The van der Waals surface area contributed by atoms with E-state index >= 15 is 0 Å². The average molecular weight is 293 g/mol. The molecule has 21 heavy (non-hydrogen) atoms. The van der Waals surface area contributed by atoms with Crippen molar-refractivity contribution in [2.24, 2.45) is 0 Å². The number of halogens is 3. The molecule has 1 heterocycles. The minimum Gasteiger partial charge on any atom is -0.366 e. The van der Waals surface area contributed by atoms with Crippen LogP contribution in [0.25, 0.3) is 0 Å². The highest BCUT2D eigenvalue weighted by molar-refractivity contribution is 5.48. The van der Waals surface area contributed by atoms with Crippen LogP contribution in [0.1, 0.15) is 28.8 Å². The Labute approximate surface area is 120 Å². The molecule has 0 unspecified atom stereocenters. The number of benzene rings is 1. The first-order chi connectivity index (χ1) is 10.0. The number of nitrogens with zero attached hydrogens (tertiary/aromatic N) is 2. The van der Waals surface area contributed by atoms with Gasteiger partial charge in [0.2, 0.25) is 0 Å². The van der Waals surface area contributed by atoms with Crippen LogP contribution in [0.3, 0.4) is 0 Å². The van der Waals surface area contributed by atoms with E-state index in [1.807, 2.05) is 0 Å². The van der Waals surface area contributed by atoms with E-state index in [1.54, 1.807) is 0 Å². The Hall–Kier alpha value is -2.11. The van der Waals surface area contributed by atoms with Crippen molar-refractivity contribution in [3.05, 3.63) is 53.0 Å². The van der Waals surface area contributed by atoms with Crippen LogP contribution in [0, 0.1) is 0 Å². The molecule has 3 nitrogen and oxygen atoms in total. The predicted octanol–water partition coefficient (Wildman–Crippen LogP) is 3.60. The zero-order valence-electron chi connectivity index (χ0n) is 11.2. The summed E-state index contributed by atoms with van der Waals surface area (Å²) in [7, 11) is 0. The number of rotatable bonds is 3. The smallest absolute Gasteiger partial charge is 0.366 e. The number of anilines is 1. The molecule has 0 amide bonds. The zero-order valence-corrected chi connectivity index (χ0v) is 11.2. The highest BCUT2D eigenvalue weighted by Crippen LogP contribution is 2.29. The van der Waals surface area contributed by atoms with E-state index in [4.69, 9.17) is 0 Å². The van der Waals surface area contributed by atoms with E-state index in [0.717, 1.165) is 54.0 Å². The molecule has 3 rings (SSSR count). The Balaban J connectivity index is 1.70. The number of alkyl halides is 3. The van der Waals surface area contributed by atoms with Crippen molar-refractivity contribution in [1.29, 1.82) is 0 Å². The van der Waals surface area contributed by atoms with Crippen LogP contribution in [0.5, 0.6) is 0 Å². The maximum absolute atomic E-state index is 12.5. The Bertz CT molecular complexity index is 636. The van der Waals surface area contributed by atoms with Gasteiger partial charge in [0.05, 0.1) is 5.56 Å². The second-order valence-electron chi connectivity index (χ2n) is 5.05. The molecule has 6 heteroatoms. The van der Waals surface area contributed by atoms with Crippen molar-refractivity contribution in [3.63, 3.8) is 0 Å². The quantitative estimate of drug-likeness (QED) is 0.939. The van der Waals surface area contributed by atoms with Gasteiger partial charge in [-0.15, -0.1) is 0 Å². The van der Waals surface area contributed by atoms with E-state index in [9.17, 15) is 13.2 Å². The number of fused-ring (bicyclic) bond motifs is 1. The third kappa shape index (κ3) is 2.99. The van der Waals surface area contributed by atoms with Crippen LogP contribution < -0.4 is 5.32 Å². The number of aryl methyl sites for hydroxylation is 1. The SMILES string of the molecule is FC(F)(F)c1ccc(CNc2ncnc3c2CCC3)cc1. The van der Waals surface area contributed by atoms with Gasteiger partial charge in [-0.2, -0.15) is 13.2 Å². The lowest BCUT2D eigenvalue weighted by Crippen LogP contribution is -2.07. The van der Waals surface area contributed by atoms with Gasteiger partial charge in [-0.05, 0) is 37.0 Å². The van der Waals surface area contributed by atoms with Crippen LogP contribution in [0.2, 0.25) is 0 Å². The molecule has 2 aromatic rings. The maximum atomic E-state index is 12.5. The standard InChI is InChI=1S/C15H14F3N3/c16-15(17,18)11-6-4-10(5-7-11)8-19-14-12-2-1-3-13(12)20-9-21-14/h4-7,9H,1-3,8H2,(H,19,20,21). The topological polar surface area (TPSA) is 37.8 Å². The number of aromatic nitrogens is 2. The van der Waals surface area contributed by atoms with Crippen molar-refractivity contribution < 1.29 is 13.2 Å². The molecule has 0 radical (unpaired) electrons. The Morgan fingerprint density at radius 1 is 1.05 bits per heavy atom. The number of hydrogen-bond donors (Lipinski definition) is 1. The minimum absolute atomic E-state index is 0.446. The molecule has 1 aliphatic rings. The molecule has 0 aliphatic heterocycles. The second kappa shape index (κ2) is 5.35.